The van der Waals surface area contributed by atoms with Crippen molar-refractivity contribution < 1.29 is 14.3 Å². The molecular formula is C16H24N2O3. The zero-order valence-electron chi connectivity index (χ0n) is 13.2. The first-order valence-corrected chi connectivity index (χ1v) is 7.22. The third kappa shape index (κ3) is 5.10. The van der Waals surface area contributed by atoms with Gasteiger partial charge >= 0.3 is 6.03 Å². The quantitative estimate of drug-likeness (QED) is 0.759. The highest BCUT2D eigenvalue weighted by molar-refractivity contribution is 5.99. The van der Waals surface area contributed by atoms with Crippen LogP contribution in [0.15, 0.2) is 18.2 Å². The van der Waals surface area contributed by atoms with Crippen LogP contribution in [0.25, 0.3) is 0 Å². The Balaban J connectivity index is 2.70. The number of rotatable bonds is 7. The molecule has 1 aromatic carbocycles. The van der Waals surface area contributed by atoms with E-state index in [9.17, 15) is 9.59 Å². The molecule has 1 rings (SSSR count). The van der Waals surface area contributed by atoms with Crippen LogP contribution in [0.4, 0.5) is 4.79 Å². The molecule has 1 aromatic rings. The molecule has 0 aliphatic rings. The molecule has 0 aliphatic carbocycles. The van der Waals surface area contributed by atoms with Crippen LogP contribution in [-0.4, -0.2) is 32.0 Å². The van der Waals surface area contributed by atoms with Crippen LogP contribution in [0, 0.1) is 0 Å². The molecule has 0 bridgehead atoms. The zero-order valence-corrected chi connectivity index (χ0v) is 13.2. The number of urea groups is 1. The van der Waals surface area contributed by atoms with Crippen LogP contribution in [-0.2, 0) is 0 Å². The maximum absolute atomic E-state index is 12.1. The van der Waals surface area contributed by atoms with Crippen molar-refractivity contribution in [3.63, 3.8) is 0 Å². The van der Waals surface area contributed by atoms with Crippen molar-refractivity contribution in [3.05, 3.63) is 29.3 Å². The van der Waals surface area contributed by atoms with Gasteiger partial charge in [-0.25, -0.2) is 4.79 Å². The Morgan fingerprint density at radius 3 is 2.52 bits per heavy atom. The molecule has 0 fully saturated rings. The molecule has 0 saturated carbocycles. The third-order valence-corrected chi connectivity index (χ3v) is 3.12. The predicted octanol–water partition coefficient (Wildman–Crippen LogP) is 2.71. The molecule has 0 unspecified atom stereocenters. The van der Waals surface area contributed by atoms with Gasteiger partial charge in [-0.05, 0) is 36.1 Å². The van der Waals surface area contributed by atoms with Gasteiger partial charge in [-0.1, -0.05) is 20.8 Å². The number of hydrogen-bond acceptors (Lipinski definition) is 3. The topological polar surface area (TPSA) is 67.4 Å². The van der Waals surface area contributed by atoms with Gasteiger partial charge in [0, 0.05) is 12.1 Å². The minimum atomic E-state index is -0.317. The Labute approximate surface area is 126 Å². The maximum atomic E-state index is 12.1. The van der Waals surface area contributed by atoms with Crippen LogP contribution >= 0.6 is 0 Å². The van der Waals surface area contributed by atoms with Gasteiger partial charge in [-0.3, -0.25) is 4.79 Å². The van der Waals surface area contributed by atoms with E-state index in [4.69, 9.17) is 4.74 Å². The molecule has 2 N–H and O–H groups in total. The summed E-state index contributed by atoms with van der Waals surface area (Å²) in [5.74, 6) is 0.912. The average molecular weight is 292 g/mol. The summed E-state index contributed by atoms with van der Waals surface area (Å²) in [4.78, 5) is 23.5. The molecule has 0 radical (unpaired) electrons. The van der Waals surface area contributed by atoms with E-state index in [1.54, 1.807) is 19.2 Å². The van der Waals surface area contributed by atoms with Gasteiger partial charge in [0.2, 0.25) is 0 Å². The monoisotopic (exact) mass is 292 g/mol. The molecule has 0 saturated heterocycles. The number of hydrogen-bond donors (Lipinski definition) is 2. The van der Waals surface area contributed by atoms with Crippen molar-refractivity contribution in [1.29, 1.82) is 0 Å². The molecule has 0 atom stereocenters. The molecular weight excluding hydrogens is 268 g/mol. The van der Waals surface area contributed by atoms with Gasteiger partial charge in [0.05, 0.1) is 13.7 Å². The standard InChI is InChI=1S/C16H24N2O3/c1-5-8-17-16(20)18-10-14(19)12-6-7-15(21-4)13(9-12)11(2)3/h6-7,9,11H,5,8,10H2,1-4H3,(H2,17,18,20). The largest absolute Gasteiger partial charge is 0.496 e. The second kappa shape index (κ2) is 8.29. The fourth-order valence-electron chi connectivity index (χ4n) is 1.92. The second-order valence-electron chi connectivity index (χ2n) is 5.14. The van der Waals surface area contributed by atoms with Crippen LogP contribution in [0.1, 0.15) is 49.0 Å². The van der Waals surface area contributed by atoms with Gasteiger partial charge < -0.3 is 15.4 Å². The second-order valence-corrected chi connectivity index (χ2v) is 5.14. The van der Waals surface area contributed by atoms with Crippen LogP contribution < -0.4 is 15.4 Å². The molecule has 5 heteroatoms. The molecule has 21 heavy (non-hydrogen) atoms. The Bertz CT molecular complexity index is 498. The van der Waals surface area contributed by atoms with E-state index >= 15 is 0 Å². The fourth-order valence-corrected chi connectivity index (χ4v) is 1.92. The Hall–Kier alpha value is -2.04. The first-order chi connectivity index (χ1) is 9.99. The first kappa shape index (κ1) is 17.0. The van der Waals surface area contributed by atoms with E-state index in [1.165, 1.54) is 0 Å². The number of amides is 2. The highest BCUT2D eigenvalue weighted by Gasteiger charge is 2.13. The normalized spacial score (nSPS) is 10.3. The van der Waals surface area contributed by atoms with Gasteiger partial charge in [-0.15, -0.1) is 0 Å². The first-order valence-electron chi connectivity index (χ1n) is 7.22. The van der Waals surface area contributed by atoms with Crippen molar-refractivity contribution in [2.75, 3.05) is 20.2 Å². The van der Waals surface area contributed by atoms with Crippen LogP contribution in [0.2, 0.25) is 0 Å². The lowest BCUT2D eigenvalue weighted by Gasteiger charge is -2.13. The summed E-state index contributed by atoms with van der Waals surface area (Å²) in [5.41, 5.74) is 1.56. The van der Waals surface area contributed by atoms with E-state index in [1.807, 2.05) is 26.8 Å². The van der Waals surface area contributed by atoms with E-state index in [0.717, 1.165) is 17.7 Å². The summed E-state index contributed by atoms with van der Waals surface area (Å²) in [6, 6.07) is 5.03. The highest BCUT2D eigenvalue weighted by Crippen LogP contribution is 2.27. The molecule has 0 aliphatic heterocycles. The number of carbonyl (C=O) groups is 2. The molecule has 116 valence electrons. The average Bonchev–Trinajstić information content (AvgIpc) is 2.49. The number of nitrogens with one attached hydrogen (secondary N) is 2. The summed E-state index contributed by atoms with van der Waals surface area (Å²) >= 11 is 0. The maximum Gasteiger partial charge on any atom is 0.315 e. The number of ether oxygens (including phenoxy) is 1. The summed E-state index contributed by atoms with van der Waals surface area (Å²) < 4.78 is 5.29. The van der Waals surface area contributed by atoms with Crippen molar-refractivity contribution in [2.45, 2.75) is 33.1 Å². The Morgan fingerprint density at radius 2 is 1.95 bits per heavy atom. The smallest absolute Gasteiger partial charge is 0.315 e. The number of Topliss-reactive ketones (excluding diaryl/α,β-unsaturated/α-hetero) is 1. The molecule has 0 aromatic heterocycles. The van der Waals surface area contributed by atoms with E-state index in [0.29, 0.717) is 12.1 Å². The fraction of sp³-hybridized carbons (Fsp3) is 0.500. The zero-order chi connectivity index (χ0) is 15.8. The molecule has 5 nitrogen and oxygen atoms in total. The lowest BCUT2D eigenvalue weighted by Crippen LogP contribution is -2.38. The lowest BCUT2D eigenvalue weighted by atomic mass is 9.98. The number of ketones is 1. The minimum absolute atomic E-state index is 0.0145. The van der Waals surface area contributed by atoms with Crippen LogP contribution in [0.5, 0.6) is 5.75 Å². The molecule has 2 amide bonds. The molecule has 0 spiro atoms. The number of benzene rings is 1. The van der Waals surface area contributed by atoms with E-state index < -0.39 is 0 Å². The van der Waals surface area contributed by atoms with E-state index in [-0.39, 0.29) is 24.3 Å². The Morgan fingerprint density at radius 1 is 1.24 bits per heavy atom. The minimum Gasteiger partial charge on any atom is -0.496 e. The van der Waals surface area contributed by atoms with Gasteiger partial charge in [-0.2, -0.15) is 0 Å². The number of carbonyl (C=O) groups excluding carboxylic acids is 2. The van der Waals surface area contributed by atoms with Gasteiger partial charge in [0.25, 0.3) is 0 Å². The van der Waals surface area contributed by atoms with E-state index in [2.05, 4.69) is 10.6 Å². The summed E-state index contributed by atoms with van der Waals surface area (Å²) in [7, 11) is 1.61. The Kier molecular flexibility index (Phi) is 6.72. The number of methoxy groups -OCH3 is 1. The predicted molar refractivity (Wildman–Crippen MR) is 83.1 cm³/mol. The van der Waals surface area contributed by atoms with Crippen molar-refractivity contribution in [1.82, 2.24) is 10.6 Å². The van der Waals surface area contributed by atoms with Gasteiger partial charge in [0.15, 0.2) is 5.78 Å². The SMILES string of the molecule is CCCNC(=O)NCC(=O)c1ccc(OC)c(C(C)C)c1. The summed E-state index contributed by atoms with van der Waals surface area (Å²) in [5, 5.41) is 5.23. The van der Waals surface area contributed by atoms with Crippen molar-refractivity contribution in [2.24, 2.45) is 0 Å². The molecule has 0 heterocycles. The van der Waals surface area contributed by atoms with Crippen molar-refractivity contribution >= 4 is 11.8 Å². The van der Waals surface area contributed by atoms with Crippen molar-refractivity contribution in [3.8, 4) is 5.75 Å². The van der Waals surface area contributed by atoms with Crippen LogP contribution in [0.3, 0.4) is 0 Å². The lowest BCUT2D eigenvalue weighted by molar-refractivity contribution is 0.0992. The summed E-state index contributed by atoms with van der Waals surface area (Å²) in [6.45, 7) is 6.64. The summed E-state index contributed by atoms with van der Waals surface area (Å²) in [6.07, 6.45) is 0.859. The third-order valence-electron chi connectivity index (χ3n) is 3.12. The highest BCUT2D eigenvalue weighted by atomic mass is 16.5. The van der Waals surface area contributed by atoms with Gasteiger partial charge in [0.1, 0.15) is 5.75 Å².